The van der Waals surface area contributed by atoms with Gasteiger partial charge < -0.3 is 18.6 Å². The van der Waals surface area contributed by atoms with Gasteiger partial charge in [0.2, 0.25) is 6.29 Å². The zero-order valence-corrected chi connectivity index (χ0v) is 12.3. The Balaban J connectivity index is 2.85. The van der Waals surface area contributed by atoms with Crippen molar-refractivity contribution in [3.05, 3.63) is 0 Å². The van der Waals surface area contributed by atoms with Gasteiger partial charge in [-0.25, -0.2) is 0 Å². The Kier molecular flexibility index (Phi) is 6.29. The van der Waals surface area contributed by atoms with Gasteiger partial charge in [0.1, 0.15) is 5.66 Å². The quantitative estimate of drug-likeness (QED) is 0.670. The van der Waals surface area contributed by atoms with Gasteiger partial charge in [0.25, 0.3) is 0 Å². The van der Waals surface area contributed by atoms with Crippen molar-refractivity contribution in [2.75, 3.05) is 19.8 Å². The second kappa shape index (κ2) is 7.24. The summed E-state index contributed by atoms with van der Waals surface area (Å²) in [6, 6.07) is 0. The molecule has 0 unspecified atom stereocenters. The summed E-state index contributed by atoms with van der Waals surface area (Å²) in [4.78, 5) is 5.15. The predicted octanol–water partition coefficient (Wildman–Crippen LogP) is 2.78. The first-order chi connectivity index (χ1) is 8.57. The molecule has 0 saturated heterocycles. The van der Waals surface area contributed by atoms with E-state index in [0.29, 0.717) is 32.0 Å². The average Bonchev–Trinajstić information content (AvgIpc) is 2.32. The van der Waals surface area contributed by atoms with Crippen molar-refractivity contribution in [2.24, 2.45) is 5.16 Å². The fourth-order valence-corrected chi connectivity index (χ4v) is 3.91. The second-order valence-electron chi connectivity index (χ2n) is 3.85. The number of hydrogen-bond donors (Lipinski definition) is 0. The van der Waals surface area contributed by atoms with E-state index < -0.39 is 19.5 Å². The fraction of sp³-hybridized carbons (Fsp3) is 0.909. The molecule has 2 atom stereocenters. The molecule has 0 bridgehead atoms. The Bertz CT molecular complexity index is 323. The topological polar surface area (TPSA) is 66.4 Å². The van der Waals surface area contributed by atoms with E-state index in [1.54, 1.807) is 20.8 Å². The van der Waals surface area contributed by atoms with Crippen LogP contribution in [-0.4, -0.2) is 37.5 Å². The van der Waals surface area contributed by atoms with Crippen molar-refractivity contribution in [3.63, 3.8) is 0 Å². The normalized spacial score (nSPS) is 24.6. The molecule has 0 amide bonds. The first-order valence-electron chi connectivity index (χ1n) is 6.28. The van der Waals surface area contributed by atoms with Gasteiger partial charge in [-0.3, -0.25) is 4.57 Å². The molecule has 1 heterocycles. The third kappa shape index (κ3) is 3.79. The third-order valence-corrected chi connectivity index (χ3v) is 5.15. The smallest absolute Gasteiger partial charge is 0.339 e. The van der Waals surface area contributed by atoms with E-state index in [2.05, 4.69) is 5.16 Å². The van der Waals surface area contributed by atoms with Crippen molar-refractivity contribution in [1.82, 2.24) is 0 Å². The minimum absolute atomic E-state index is 0.335. The summed E-state index contributed by atoms with van der Waals surface area (Å²) < 4.78 is 28.7. The van der Waals surface area contributed by atoms with Crippen molar-refractivity contribution in [1.29, 1.82) is 0 Å². The summed E-state index contributed by atoms with van der Waals surface area (Å²) in [6.07, 6.45) is -0.0570. The molecule has 18 heavy (non-hydrogen) atoms. The molecule has 0 fully saturated rings. The first-order valence-corrected chi connectivity index (χ1v) is 7.89. The van der Waals surface area contributed by atoms with Crippen LogP contribution in [0.25, 0.3) is 0 Å². The van der Waals surface area contributed by atoms with E-state index >= 15 is 0 Å². The van der Waals surface area contributed by atoms with Gasteiger partial charge in [0.15, 0.2) is 0 Å². The van der Waals surface area contributed by atoms with Crippen molar-refractivity contribution in [2.45, 2.75) is 46.1 Å². The highest BCUT2D eigenvalue weighted by Gasteiger charge is 2.42. The summed E-state index contributed by atoms with van der Waals surface area (Å²) >= 11 is 0. The maximum atomic E-state index is 12.7. The molecule has 0 spiro atoms. The Hall–Kier alpha value is -0.420. The Labute approximate surface area is 108 Å². The lowest BCUT2D eigenvalue weighted by Gasteiger charge is -2.31. The van der Waals surface area contributed by atoms with Gasteiger partial charge in [0.05, 0.1) is 18.9 Å². The molecule has 7 heteroatoms. The largest absolute Gasteiger partial charge is 0.364 e. The van der Waals surface area contributed by atoms with Gasteiger partial charge >= 0.3 is 7.60 Å². The van der Waals surface area contributed by atoms with E-state index in [1.807, 2.05) is 6.92 Å². The molecule has 0 radical (unpaired) electrons. The number of hydrogen-bond acceptors (Lipinski definition) is 6. The lowest BCUT2D eigenvalue weighted by molar-refractivity contribution is -0.147. The first kappa shape index (κ1) is 15.6. The molecule has 0 aromatic rings. The highest BCUT2D eigenvalue weighted by Crippen LogP contribution is 2.55. The van der Waals surface area contributed by atoms with E-state index in [0.717, 1.165) is 0 Å². The Morgan fingerprint density at radius 3 is 2.39 bits per heavy atom. The van der Waals surface area contributed by atoms with Crippen LogP contribution in [0, 0.1) is 0 Å². The van der Waals surface area contributed by atoms with Crippen molar-refractivity contribution in [3.8, 4) is 0 Å². The molecule has 1 rings (SSSR count). The van der Waals surface area contributed by atoms with Crippen LogP contribution >= 0.6 is 7.60 Å². The van der Waals surface area contributed by atoms with Crippen molar-refractivity contribution >= 4 is 13.3 Å². The van der Waals surface area contributed by atoms with E-state index in [-0.39, 0.29) is 0 Å². The molecule has 0 N–H and O–H groups in total. The minimum Gasteiger partial charge on any atom is -0.364 e. The third-order valence-electron chi connectivity index (χ3n) is 2.56. The number of ether oxygens (including phenoxy) is 1. The number of oxime groups is 1. The molecule has 1 aliphatic rings. The van der Waals surface area contributed by atoms with E-state index in [9.17, 15) is 4.57 Å². The van der Waals surface area contributed by atoms with Crippen LogP contribution < -0.4 is 0 Å². The summed E-state index contributed by atoms with van der Waals surface area (Å²) in [5.74, 6) is 0. The summed E-state index contributed by atoms with van der Waals surface area (Å²) in [5.41, 5.74) is 0.221. The molecule has 0 aromatic heterocycles. The zero-order chi connectivity index (χ0) is 13.6. The molecular weight excluding hydrogens is 257 g/mol. The highest BCUT2D eigenvalue weighted by atomic mass is 31.2. The Morgan fingerprint density at radius 2 is 1.89 bits per heavy atom. The van der Waals surface area contributed by atoms with Crippen LogP contribution in [0.15, 0.2) is 5.16 Å². The number of nitrogens with zero attached hydrogens (tertiary/aromatic N) is 1. The second-order valence-corrected chi connectivity index (χ2v) is 6.07. The monoisotopic (exact) mass is 279 g/mol. The maximum Gasteiger partial charge on any atom is 0.339 e. The molecule has 106 valence electrons. The van der Waals surface area contributed by atoms with Gasteiger partial charge in [-0.1, -0.05) is 5.16 Å². The zero-order valence-electron chi connectivity index (χ0n) is 11.4. The average molecular weight is 279 g/mol. The van der Waals surface area contributed by atoms with Gasteiger partial charge in [-0.2, -0.15) is 0 Å². The summed E-state index contributed by atoms with van der Waals surface area (Å²) in [6.45, 7) is 8.39. The van der Waals surface area contributed by atoms with E-state index in [4.69, 9.17) is 18.6 Å². The van der Waals surface area contributed by atoms with Gasteiger partial charge in [0, 0.05) is 13.0 Å². The van der Waals surface area contributed by atoms with E-state index in [1.165, 1.54) is 0 Å². The van der Waals surface area contributed by atoms with Crippen LogP contribution in [-0.2, 0) is 23.2 Å². The molecule has 1 aliphatic heterocycles. The fourth-order valence-electron chi connectivity index (χ4n) is 1.82. The SMILES string of the molecule is CCO[C@@H]1C[C@@H](P(=O)(OCC)OCC)C(C)=NO1. The van der Waals surface area contributed by atoms with Crippen LogP contribution in [0.4, 0.5) is 0 Å². The van der Waals surface area contributed by atoms with Crippen LogP contribution in [0.1, 0.15) is 34.1 Å². The standard InChI is InChI=1S/C11H22NO5P/c1-5-14-11-8-10(9(4)12-17-11)18(13,15-6-2)16-7-3/h10-11H,5-8H2,1-4H3/t10-,11+/m1/s1. The van der Waals surface area contributed by atoms with Crippen LogP contribution in [0.2, 0.25) is 0 Å². The molecule has 0 saturated carbocycles. The highest BCUT2D eigenvalue weighted by molar-refractivity contribution is 7.55. The van der Waals surface area contributed by atoms with Crippen molar-refractivity contribution < 1.29 is 23.2 Å². The minimum atomic E-state index is -3.20. The molecule has 6 nitrogen and oxygen atoms in total. The van der Waals surface area contributed by atoms with Crippen LogP contribution in [0.5, 0.6) is 0 Å². The molecule has 0 aliphatic carbocycles. The predicted molar refractivity (Wildman–Crippen MR) is 68.9 cm³/mol. The number of rotatable bonds is 7. The molecule has 0 aromatic carbocycles. The van der Waals surface area contributed by atoms with Gasteiger partial charge in [-0.05, 0) is 27.7 Å². The Morgan fingerprint density at radius 1 is 1.28 bits per heavy atom. The maximum absolute atomic E-state index is 12.7. The lowest BCUT2D eigenvalue weighted by Crippen LogP contribution is -2.33. The summed E-state index contributed by atoms with van der Waals surface area (Å²) in [5, 5.41) is 3.90. The van der Waals surface area contributed by atoms with Crippen LogP contribution in [0.3, 0.4) is 0 Å². The summed E-state index contributed by atoms with van der Waals surface area (Å²) in [7, 11) is -3.20. The lowest BCUT2D eigenvalue weighted by atomic mass is 10.2. The molecular formula is C11H22NO5P. The van der Waals surface area contributed by atoms with Gasteiger partial charge in [-0.15, -0.1) is 0 Å².